The molecule has 6 nitrogen and oxygen atoms in total. The second-order valence-corrected chi connectivity index (χ2v) is 3.39. The van der Waals surface area contributed by atoms with Crippen molar-refractivity contribution in [1.29, 1.82) is 0 Å². The molecule has 0 aliphatic heterocycles. The highest BCUT2D eigenvalue weighted by molar-refractivity contribution is 9.09. The Kier molecular flexibility index (Phi) is 5.02. The molecule has 1 atom stereocenters. The van der Waals surface area contributed by atoms with Gasteiger partial charge >= 0.3 is 11.8 Å². The molecule has 0 saturated carbocycles. The molecule has 0 fully saturated rings. The summed E-state index contributed by atoms with van der Waals surface area (Å²) in [5, 5.41) is 0.290. The summed E-state index contributed by atoms with van der Waals surface area (Å²) in [6, 6.07) is 0. The lowest BCUT2D eigenvalue weighted by atomic mass is 10.5. The van der Waals surface area contributed by atoms with Gasteiger partial charge < -0.3 is 5.73 Å². The molecule has 0 aromatic carbocycles. The van der Waals surface area contributed by atoms with Gasteiger partial charge in [0.05, 0.1) is 0 Å². The van der Waals surface area contributed by atoms with Gasteiger partial charge in [-0.2, -0.15) is 0 Å². The number of nitrogens with two attached hydrogens (primary N) is 1. The molecule has 0 radical (unpaired) electrons. The molecule has 3 N–H and O–H groups in total. The Morgan fingerprint density at radius 2 is 2.08 bits per heavy atom. The fraction of sp³-hybridized carbons (Fsp3) is 0.500. The summed E-state index contributed by atoms with van der Waals surface area (Å²) in [5.41, 5.74) is 4.61. The zero-order valence-corrected chi connectivity index (χ0v) is 8.30. The summed E-state index contributed by atoms with van der Waals surface area (Å²) >= 11 is 0.443. The van der Waals surface area contributed by atoms with E-state index in [1.54, 1.807) is 0 Å². The highest BCUT2D eigenvalue weighted by Crippen LogP contribution is 1.95. The summed E-state index contributed by atoms with van der Waals surface area (Å²) in [4.78, 5) is 21.0. The van der Waals surface area contributed by atoms with Gasteiger partial charge in [-0.15, -0.1) is 0 Å². The van der Waals surface area contributed by atoms with Crippen LogP contribution in [0.4, 0.5) is 0 Å². The van der Waals surface area contributed by atoms with Crippen LogP contribution in [0.1, 0.15) is 0 Å². The van der Waals surface area contributed by atoms with Gasteiger partial charge in [0, 0.05) is 11.9 Å². The van der Waals surface area contributed by atoms with E-state index in [9.17, 15) is 13.8 Å². The van der Waals surface area contributed by atoms with Crippen molar-refractivity contribution >= 4 is 39.0 Å². The first-order chi connectivity index (χ1) is 5.50. The van der Waals surface area contributed by atoms with E-state index in [1.807, 2.05) is 0 Å². The molecule has 0 aromatic rings. The molecule has 0 spiro atoms. The zero-order valence-electron chi connectivity index (χ0n) is 5.90. The Morgan fingerprint density at radius 3 is 2.33 bits per heavy atom. The van der Waals surface area contributed by atoms with Crippen molar-refractivity contribution in [2.75, 3.05) is 11.9 Å². The Bertz CT molecular complexity index is 221. The molecule has 0 heterocycles. The number of primary amides is 1. The quantitative estimate of drug-likeness (QED) is 0.379. The van der Waals surface area contributed by atoms with Gasteiger partial charge in [0.15, 0.2) is 0 Å². The number of rotatable bonds is 3. The van der Waals surface area contributed by atoms with Crippen LogP contribution in [0.15, 0.2) is 0 Å². The first-order valence-electron chi connectivity index (χ1n) is 2.79. The largest absolute Gasteiger partial charge is 0.361 e. The minimum absolute atomic E-state index is 0.0507. The zero-order chi connectivity index (χ0) is 9.72. The molecule has 70 valence electrons. The molecular weight excluding hydrogens is 252 g/mol. The average molecular weight is 259 g/mol. The monoisotopic (exact) mass is 258 g/mol. The second-order valence-electron chi connectivity index (χ2n) is 1.69. The molecular formula is C4H7BrN2O4S. The third kappa shape index (κ3) is 3.28. The molecule has 8 heteroatoms. The van der Waals surface area contributed by atoms with E-state index < -0.39 is 23.1 Å². The van der Waals surface area contributed by atoms with E-state index in [0.29, 0.717) is 9.64 Å². The van der Waals surface area contributed by atoms with Gasteiger partial charge in [-0.1, -0.05) is 15.9 Å². The maximum Gasteiger partial charge on any atom is 0.325 e. The summed E-state index contributed by atoms with van der Waals surface area (Å²) in [5.74, 6) is -2.42. The SMILES string of the molecule is NC(=O)C(=O)N(CCBr)S(=O)O. The van der Waals surface area contributed by atoms with Crippen LogP contribution in [0.2, 0.25) is 0 Å². The third-order valence-electron chi connectivity index (χ3n) is 0.913. The van der Waals surface area contributed by atoms with Crippen molar-refractivity contribution in [2.45, 2.75) is 0 Å². The number of hydrogen-bond acceptors (Lipinski definition) is 3. The fourth-order valence-corrected chi connectivity index (χ4v) is 1.52. The van der Waals surface area contributed by atoms with E-state index in [2.05, 4.69) is 21.7 Å². The molecule has 0 aliphatic carbocycles. The van der Waals surface area contributed by atoms with Crippen molar-refractivity contribution in [2.24, 2.45) is 5.73 Å². The minimum Gasteiger partial charge on any atom is -0.361 e. The summed E-state index contributed by atoms with van der Waals surface area (Å²) < 4.78 is 19.4. The van der Waals surface area contributed by atoms with Crippen LogP contribution in [0.5, 0.6) is 0 Å². The fourth-order valence-electron chi connectivity index (χ4n) is 0.450. The Balaban J connectivity index is 4.40. The van der Waals surface area contributed by atoms with Gasteiger partial charge in [-0.25, -0.2) is 8.51 Å². The molecule has 0 bridgehead atoms. The van der Waals surface area contributed by atoms with Crippen LogP contribution in [-0.4, -0.2) is 36.8 Å². The minimum atomic E-state index is -2.50. The van der Waals surface area contributed by atoms with E-state index in [1.165, 1.54) is 0 Å². The number of hydrogen-bond donors (Lipinski definition) is 2. The van der Waals surface area contributed by atoms with Crippen LogP contribution < -0.4 is 5.73 Å². The van der Waals surface area contributed by atoms with E-state index in [0.717, 1.165) is 0 Å². The number of alkyl halides is 1. The normalized spacial score (nSPS) is 12.2. The van der Waals surface area contributed by atoms with Crippen molar-refractivity contribution < 1.29 is 18.4 Å². The van der Waals surface area contributed by atoms with Crippen LogP contribution in [-0.2, 0) is 20.9 Å². The number of carbonyl (C=O) groups excluding carboxylic acids is 2. The van der Waals surface area contributed by atoms with E-state index in [4.69, 9.17) is 4.55 Å². The van der Waals surface area contributed by atoms with Crippen LogP contribution >= 0.6 is 15.9 Å². The highest BCUT2D eigenvalue weighted by atomic mass is 79.9. The van der Waals surface area contributed by atoms with E-state index in [-0.39, 0.29) is 6.54 Å². The van der Waals surface area contributed by atoms with Crippen LogP contribution in [0.3, 0.4) is 0 Å². The van der Waals surface area contributed by atoms with Crippen molar-refractivity contribution in [1.82, 2.24) is 4.31 Å². The number of halogens is 1. The average Bonchev–Trinajstić information content (AvgIpc) is 1.98. The standard InChI is InChI=1S/C4H7BrN2O4S/c5-1-2-7(12(10)11)4(9)3(6)8/h1-2H2,(H2,6,8)(H,10,11). The van der Waals surface area contributed by atoms with Crippen molar-refractivity contribution in [3.8, 4) is 0 Å². The molecule has 12 heavy (non-hydrogen) atoms. The van der Waals surface area contributed by atoms with E-state index >= 15 is 0 Å². The molecule has 0 rings (SSSR count). The van der Waals surface area contributed by atoms with Gasteiger partial charge in [-0.05, 0) is 0 Å². The maximum atomic E-state index is 10.8. The number of nitrogens with zero attached hydrogens (tertiary/aromatic N) is 1. The lowest BCUT2D eigenvalue weighted by Gasteiger charge is -2.13. The molecule has 0 aromatic heterocycles. The van der Waals surface area contributed by atoms with Crippen molar-refractivity contribution in [3.05, 3.63) is 0 Å². The first kappa shape index (κ1) is 11.5. The predicted octanol–water partition coefficient (Wildman–Crippen LogP) is -1.17. The lowest BCUT2D eigenvalue weighted by Crippen LogP contribution is -2.42. The topological polar surface area (TPSA) is 101 Å². The molecule has 0 aliphatic rings. The summed E-state index contributed by atoms with van der Waals surface area (Å²) in [6.45, 7) is -0.0507. The summed E-state index contributed by atoms with van der Waals surface area (Å²) in [6.07, 6.45) is 0. The highest BCUT2D eigenvalue weighted by Gasteiger charge is 2.22. The van der Waals surface area contributed by atoms with Crippen LogP contribution in [0, 0.1) is 0 Å². The van der Waals surface area contributed by atoms with Gasteiger partial charge in [-0.3, -0.25) is 14.1 Å². The maximum absolute atomic E-state index is 10.8. The Hall–Kier alpha value is -0.470. The number of carbonyl (C=O) groups is 2. The Morgan fingerprint density at radius 1 is 1.58 bits per heavy atom. The second kappa shape index (κ2) is 5.22. The van der Waals surface area contributed by atoms with Crippen molar-refractivity contribution in [3.63, 3.8) is 0 Å². The Labute approximate surface area is 79.6 Å². The third-order valence-corrected chi connectivity index (χ3v) is 1.99. The predicted molar refractivity (Wildman–Crippen MR) is 45.5 cm³/mol. The lowest BCUT2D eigenvalue weighted by molar-refractivity contribution is -0.140. The van der Waals surface area contributed by atoms with Gasteiger partial charge in [0.1, 0.15) is 0 Å². The van der Waals surface area contributed by atoms with Gasteiger partial charge in [0.2, 0.25) is 0 Å². The number of amides is 2. The van der Waals surface area contributed by atoms with Crippen LogP contribution in [0.25, 0.3) is 0 Å². The first-order valence-corrected chi connectivity index (χ1v) is 4.97. The molecule has 2 amide bonds. The summed E-state index contributed by atoms with van der Waals surface area (Å²) in [7, 11) is 0. The molecule has 0 saturated heterocycles. The molecule has 1 unspecified atom stereocenters. The van der Waals surface area contributed by atoms with Gasteiger partial charge in [0.25, 0.3) is 11.3 Å². The smallest absolute Gasteiger partial charge is 0.325 e.